The average molecular weight is 379 g/mol. The lowest BCUT2D eigenvalue weighted by Gasteiger charge is -2.10. The fourth-order valence-corrected chi connectivity index (χ4v) is 3.34. The fraction of sp³-hybridized carbons (Fsp3) is 0.154. The Kier molecular flexibility index (Phi) is 5.01. The van der Waals surface area contributed by atoms with Crippen molar-refractivity contribution in [1.29, 1.82) is 0 Å². The largest absolute Gasteiger partial charge is 0.465 e. The maximum absolute atomic E-state index is 13.2. The van der Waals surface area contributed by atoms with E-state index in [1.54, 1.807) is 0 Å². The number of carbonyl (C=O) groups is 1. The molecule has 0 radical (unpaired) electrons. The number of rotatable bonds is 4. The molecule has 0 aliphatic carbocycles. The molecule has 1 aromatic heterocycles. The van der Waals surface area contributed by atoms with Crippen LogP contribution in [0.15, 0.2) is 28.7 Å². The Morgan fingerprint density at radius 2 is 2.25 bits per heavy atom. The highest BCUT2D eigenvalue weighted by Crippen LogP contribution is 2.32. The third kappa shape index (κ3) is 3.50. The summed E-state index contributed by atoms with van der Waals surface area (Å²) in [6.07, 6.45) is 0. The average Bonchev–Trinajstić information content (AvgIpc) is 2.75. The molecule has 1 heterocycles. The van der Waals surface area contributed by atoms with Crippen molar-refractivity contribution in [2.45, 2.75) is 6.54 Å². The molecule has 0 atom stereocenters. The van der Waals surface area contributed by atoms with E-state index in [4.69, 9.17) is 11.6 Å². The highest BCUT2D eigenvalue weighted by Gasteiger charge is 2.13. The van der Waals surface area contributed by atoms with Crippen molar-refractivity contribution in [3.63, 3.8) is 0 Å². The number of benzene rings is 1. The van der Waals surface area contributed by atoms with E-state index in [2.05, 4.69) is 26.0 Å². The number of nitrogens with one attached hydrogen (secondary N) is 1. The summed E-state index contributed by atoms with van der Waals surface area (Å²) >= 11 is 10.7. The van der Waals surface area contributed by atoms with Crippen molar-refractivity contribution in [3.8, 4) is 0 Å². The molecule has 1 N–H and O–H groups in total. The van der Waals surface area contributed by atoms with Gasteiger partial charge in [0.25, 0.3) is 0 Å². The smallest absolute Gasteiger partial charge is 0.340 e. The number of thiophene rings is 1. The van der Waals surface area contributed by atoms with Crippen molar-refractivity contribution in [3.05, 3.63) is 49.3 Å². The van der Waals surface area contributed by atoms with E-state index in [-0.39, 0.29) is 5.56 Å². The normalized spacial score (nSPS) is 10.4. The van der Waals surface area contributed by atoms with Crippen LogP contribution in [0.2, 0.25) is 4.34 Å². The number of ether oxygens (including phenoxy) is 1. The van der Waals surface area contributed by atoms with Gasteiger partial charge in [-0.05, 0) is 40.2 Å². The Labute approximate surface area is 132 Å². The van der Waals surface area contributed by atoms with Crippen LogP contribution in [0.5, 0.6) is 0 Å². The van der Waals surface area contributed by atoms with Gasteiger partial charge in [0.15, 0.2) is 0 Å². The molecule has 0 spiro atoms. The van der Waals surface area contributed by atoms with E-state index in [1.165, 1.54) is 30.6 Å². The summed E-state index contributed by atoms with van der Waals surface area (Å²) in [6.45, 7) is 0.478. The third-order valence-corrected chi connectivity index (χ3v) is 5.01. The Morgan fingerprint density at radius 1 is 1.50 bits per heavy atom. The molecule has 2 rings (SSSR count). The van der Waals surface area contributed by atoms with Crippen LogP contribution in [0.3, 0.4) is 0 Å². The van der Waals surface area contributed by atoms with Gasteiger partial charge in [-0.25, -0.2) is 9.18 Å². The number of halogens is 3. The van der Waals surface area contributed by atoms with Gasteiger partial charge in [0.2, 0.25) is 0 Å². The van der Waals surface area contributed by atoms with Gasteiger partial charge in [-0.15, -0.1) is 11.3 Å². The first-order valence-electron chi connectivity index (χ1n) is 5.56. The number of anilines is 1. The van der Waals surface area contributed by atoms with E-state index in [9.17, 15) is 9.18 Å². The second kappa shape index (κ2) is 6.56. The molecule has 0 saturated carbocycles. The van der Waals surface area contributed by atoms with Gasteiger partial charge in [-0.2, -0.15) is 0 Å². The Balaban J connectivity index is 2.18. The molecular formula is C13H10BrClFNO2S. The zero-order valence-corrected chi connectivity index (χ0v) is 13.5. The van der Waals surface area contributed by atoms with E-state index in [0.29, 0.717) is 16.6 Å². The molecule has 0 fully saturated rings. The zero-order valence-electron chi connectivity index (χ0n) is 10.4. The predicted molar refractivity (Wildman–Crippen MR) is 82.1 cm³/mol. The van der Waals surface area contributed by atoms with Crippen molar-refractivity contribution in [2.24, 2.45) is 0 Å². The van der Waals surface area contributed by atoms with Crippen molar-refractivity contribution < 1.29 is 13.9 Å². The van der Waals surface area contributed by atoms with Gasteiger partial charge < -0.3 is 10.1 Å². The van der Waals surface area contributed by atoms with E-state index in [1.807, 2.05) is 6.07 Å². The quantitative estimate of drug-likeness (QED) is 0.784. The summed E-state index contributed by atoms with van der Waals surface area (Å²) in [6, 6.07) is 5.82. The number of methoxy groups -OCH3 is 1. The lowest BCUT2D eigenvalue weighted by molar-refractivity contribution is 0.0601. The van der Waals surface area contributed by atoms with Crippen LogP contribution in [0.4, 0.5) is 10.1 Å². The highest BCUT2D eigenvalue weighted by molar-refractivity contribution is 9.10. The summed E-state index contributed by atoms with van der Waals surface area (Å²) in [7, 11) is 1.26. The first-order chi connectivity index (χ1) is 9.51. The monoisotopic (exact) mass is 377 g/mol. The van der Waals surface area contributed by atoms with E-state index >= 15 is 0 Å². The SMILES string of the molecule is COC(=O)c1cc(F)ccc1NCc1cc(Br)c(Cl)s1. The topological polar surface area (TPSA) is 38.3 Å². The van der Waals surface area contributed by atoms with Gasteiger partial charge in [0, 0.05) is 21.6 Å². The van der Waals surface area contributed by atoms with Crippen molar-refractivity contribution >= 4 is 50.5 Å². The standard InChI is InChI=1S/C13H10BrClFNO2S/c1-19-13(18)9-4-7(16)2-3-11(9)17-6-8-5-10(14)12(15)20-8/h2-5,17H,6H2,1H3. The summed E-state index contributed by atoms with van der Waals surface area (Å²) < 4.78 is 19.3. The number of hydrogen-bond donors (Lipinski definition) is 1. The molecule has 3 nitrogen and oxygen atoms in total. The zero-order chi connectivity index (χ0) is 14.7. The number of hydrogen-bond acceptors (Lipinski definition) is 4. The molecular weight excluding hydrogens is 369 g/mol. The van der Waals surface area contributed by atoms with Crippen LogP contribution in [0.25, 0.3) is 0 Å². The molecule has 0 saturated heterocycles. The molecule has 0 aliphatic rings. The Bertz CT molecular complexity index is 628. The third-order valence-electron chi connectivity index (χ3n) is 2.54. The molecule has 1 aromatic carbocycles. The molecule has 0 bridgehead atoms. The van der Waals surface area contributed by atoms with Crippen LogP contribution in [-0.4, -0.2) is 13.1 Å². The Morgan fingerprint density at radius 3 is 2.85 bits per heavy atom. The lowest BCUT2D eigenvalue weighted by atomic mass is 10.1. The molecule has 7 heteroatoms. The van der Waals surface area contributed by atoms with Gasteiger partial charge in [-0.1, -0.05) is 11.6 Å². The summed E-state index contributed by atoms with van der Waals surface area (Å²) in [5, 5.41) is 3.08. The molecule has 0 aliphatic heterocycles. The molecule has 2 aromatic rings. The van der Waals surface area contributed by atoms with Crippen LogP contribution in [0, 0.1) is 5.82 Å². The summed E-state index contributed by atoms with van der Waals surface area (Å²) in [5.41, 5.74) is 0.674. The minimum atomic E-state index is -0.586. The molecule has 0 amide bonds. The van der Waals surface area contributed by atoms with Gasteiger partial charge >= 0.3 is 5.97 Å². The number of carbonyl (C=O) groups excluding carboxylic acids is 1. The second-order valence-corrected chi connectivity index (χ2v) is 6.46. The van der Waals surface area contributed by atoms with Crippen molar-refractivity contribution in [1.82, 2.24) is 0 Å². The minimum Gasteiger partial charge on any atom is -0.465 e. The van der Waals surface area contributed by atoms with Crippen molar-refractivity contribution in [2.75, 3.05) is 12.4 Å². The van der Waals surface area contributed by atoms with Crippen LogP contribution in [-0.2, 0) is 11.3 Å². The summed E-state index contributed by atoms with van der Waals surface area (Å²) in [4.78, 5) is 12.6. The van der Waals surface area contributed by atoms with Crippen LogP contribution in [0.1, 0.15) is 15.2 Å². The fourth-order valence-electron chi connectivity index (χ4n) is 1.61. The molecule has 106 valence electrons. The second-order valence-electron chi connectivity index (χ2n) is 3.87. The minimum absolute atomic E-state index is 0.161. The van der Waals surface area contributed by atoms with E-state index in [0.717, 1.165) is 15.4 Å². The van der Waals surface area contributed by atoms with Gasteiger partial charge in [0.05, 0.1) is 12.7 Å². The van der Waals surface area contributed by atoms with E-state index < -0.39 is 11.8 Å². The van der Waals surface area contributed by atoms with Gasteiger partial charge in [-0.3, -0.25) is 0 Å². The van der Waals surface area contributed by atoms with Gasteiger partial charge in [0.1, 0.15) is 10.2 Å². The molecule has 0 unspecified atom stereocenters. The highest BCUT2D eigenvalue weighted by atomic mass is 79.9. The summed E-state index contributed by atoms with van der Waals surface area (Å²) in [5.74, 6) is -1.07. The van der Waals surface area contributed by atoms with Crippen LogP contribution < -0.4 is 5.32 Å². The maximum atomic E-state index is 13.2. The van der Waals surface area contributed by atoms with Crippen LogP contribution >= 0.6 is 38.9 Å². The maximum Gasteiger partial charge on any atom is 0.340 e. The first-order valence-corrected chi connectivity index (χ1v) is 7.55. The molecule has 20 heavy (non-hydrogen) atoms. The predicted octanol–water partition coefficient (Wildman–Crippen LogP) is 4.70. The Hall–Kier alpha value is -1.11. The number of esters is 1. The first kappa shape index (κ1) is 15.3. The lowest BCUT2D eigenvalue weighted by Crippen LogP contribution is -2.08.